The van der Waals surface area contributed by atoms with Crippen molar-refractivity contribution in [2.24, 2.45) is 5.92 Å². The molecule has 19 heavy (non-hydrogen) atoms. The van der Waals surface area contributed by atoms with Gasteiger partial charge in [0, 0.05) is 17.4 Å². The van der Waals surface area contributed by atoms with Gasteiger partial charge in [0.1, 0.15) is 0 Å². The van der Waals surface area contributed by atoms with Crippen LogP contribution in [0, 0.1) is 5.92 Å². The van der Waals surface area contributed by atoms with E-state index in [4.69, 9.17) is 5.11 Å². The first kappa shape index (κ1) is 15.7. The van der Waals surface area contributed by atoms with Gasteiger partial charge < -0.3 is 10.4 Å². The van der Waals surface area contributed by atoms with Crippen molar-refractivity contribution in [3.63, 3.8) is 0 Å². The second-order valence-electron chi connectivity index (χ2n) is 4.65. The average molecular weight is 328 g/mol. The third kappa shape index (κ3) is 6.96. The van der Waals surface area contributed by atoms with E-state index in [-0.39, 0.29) is 18.2 Å². The van der Waals surface area contributed by atoms with Gasteiger partial charge in [0.15, 0.2) is 0 Å². The summed E-state index contributed by atoms with van der Waals surface area (Å²) in [6.45, 7) is 2.45. The predicted octanol–water partition coefficient (Wildman–Crippen LogP) is 2.61. The summed E-state index contributed by atoms with van der Waals surface area (Å²) in [6, 6.07) is 7.61. The molecule has 0 saturated carbocycles. The van der Waals surface area contributed by atoms with Crippen LogP contribution in [-0.2, 0) is 16.0 Å². The van der Waals surface area contributed by atoms with Gasteiger partial charge in [-0.1, -0.05) is 35.0 Å². The Hall–Kier alpha value is -1.36. The summed E-state index contributed by atoms with van der Waals surface area (Å²) in [4.78, 5) is 22.1. The summed E-state index contributed by atoms with van der Waals surface area (Å²) in [5, 5.41) is 11.4. The topological polar surface area (TPSA) is 66.4 Å². The van der Waals surface area contributed by atoms with Crippen LogP contribution < -0.4 is 5.32 Å². The molecule has 0 aromatic heterocycles. The van der Waals surface area contributed by atoms with Gasteiger partial charge in [0.25, 0.3) is 0 Å². The molecule has 0 radical (unpaired) electrons. The number of hydrogen-bond acceptors (Lipinski definition) is 2. The first-order valence-electron chi connectivity index (χ1n) is 6.20. The van der Waals surface area contributed by atoms with Crippen LogP contribution >= 0.6 is 15.9 Å². The summed E-state index contributed by atoms with van der Waals surface area (Å²) in [5.41, 5.74) is 0.949. The Bertz CT molecular complexity index is 448. The van der Waals surface area contributed by atoms with Crippen molar-refractivity contribution in [2.75, 3.05) is 6.54 Å². The highest BCUT2D eigenvalue weighted by molar-refractivity contribution is 9.10. The lowest BCUT2D eigenvalue weighted by Gasteiger charge is -2.11. The van der Waals surface area contributed by atoms with Gasteiger partial charge in [-0.05, 0) is 30.0 Å². The smallest absolute Gasteiger partial charge is 0.303 e. The first-order valence-corrected chi connectivity index (χ1v) is 6.99. The maximum atomic E-state index is 11.7. The van der Waals surface area contributed by atoms with E-state index in [1.165, 1.54) is 0 Å². The van der Waals surface area contributed by atoms with Gasteiger partial charge in [-0.15, -0.1) is 0 Å². The lowest BCUT2D eigenvalue weighted by Crippen LogP contribution is -2.29. The van der Waals surface area contributed by atoms with Gasteiger partial charge in [-0.25, -0.2) is 0 Å². The molecule has 0 heterocycles. The second-order valence-corrected chi connectivity index (χ2v) is 5.56. The number of benzene rings is 1. The molecule has 5 heteroatoms. The molecule has 2 N–H and O–H groups in total. The van der Waals surface area contributed by atoms with Crippen LogP contribution in [0.5, 0.6) is 0 Å². The van der Waals surface area contributed by atoms with Gasteiger partial charge in [0.05, 0.1) is 6.42 Å². The zero-order valence-corrected chi connectivity index (χ0v) is 12.4. The Morgan fingerprint density at radius 2 is 2.16 bits per heavy atom. The standard InChI is InChI=1S/C14H18BrNO3/c1-10(5-6-14(18)19)9-16-13(17)8-11-3-2-4-12(15)7-11/h2-4,7,10H,5-6,8-9H2,1H3,(H,16,17)(H,18,19). The van der Waals surface area contributed by atoms with E-state index in [1.54, 1.807) is 0 Å². The minimum absolute atomic E-state index is 0.0414. The Labute approximate surface area is 121 Å². The fourth-order valence-electron chi connectivity index (χ4n) is 1.65. The Balaban J connectivity index is 2.30. The summed E-state index contributed by atoms with van der Waals surface area (Å²) in [5.74, 6) is -0.671. The molecule has 1 aromatic rings. The van der Waals surface area contributed by atoms with E-state index in [2.05, 4.69) is 21.2 Å². The minimum Gasteiger partial charge on any atom is -0.481 e. The predicted molar refractivity (Wildman–Crippen MR) is 76.9 cm³/mol. The van der Waals surface area contributed by atoms with Crippen LogP contribution in [0.15, 0.2) is 28.7 Å². The third-order valence-electron chi connectivity index (χ3n) is 2.75. The third-order valence-corrected chi connectivity index (χ3v) is 3.25. The van der Waals surface area contributed by atoms with Crippen LogP contribution in [0.2, 0.25) is 0 Å². The van der Waals surface area contributed by atoms with Crippen LogP contribution in [0.4, 0.5) is 0 Å². The highest BCUT2D eigenvalue weighted by atomic mass is 79.9. The molecular formula is C14H18BrNO3. The molecule has 1 atom stereocenters. The van der Waals surface area contributed by atoms with E-state index in [9.17, 15) is 9.59 Å². The molecule has 1 rings (SSSR count). The number of halogens is 1. The van der Waals surface area contributed by atoms with Gasteiger partial charge in [-0.2, -0.15) is 0 Å². The number of carboxylic acids is 1. The fraction of sp³-hybridized carbons (Fsp3) is 0.429. The van der Waals surface area contributed by atoms with Crippen LogP contribution in [0.25, 0.3) is 0 Å². The molecule has 1 amide bonds. The Morgan fingerprint density at radius 1 is 1.42 bits per heavy atom. The summed E-state index contributed by atoms with van der Waals surface area (Å²) in [7, 11) is 0. The maximum Gasteiger partial charge on any atom is 0.303 e. The first-order chi connectivity index (χ1) is 8.97. The largest absolute Gasteiger partial charge is 0.481 e. The average Bonchev–Trinajstić information content (AvgIpc) is 2.34. The summed E-state index contributed by atoms with van der Waals surface area (Å²) < 4.78 is 0.952. The summed E-state index contributed by atoms with van der Waals surface area (Å²) in [6.07, 6.45) is 1.06. The quantitative estimate of drug-likeness (QED) is 0.808. The van der Waals surface area contributed by atoms with Crippen molar-refractivity contribution >= 4 is 27.8 Å². The zero-order valence-electron chi connectivity index (χ0n) is 10.9. The van der Waals surface area contributed by atoms with Gasteiger partial charge >= 0.3 is 5.97 Å². The molecule has 1 aromatic carbocycles. The molecular weight excluding hydrogens is 310 g/mol. The number of amides is 1. The van der Waals surface area contributed by atoms with Crippen molar-refractivity contribution < 1.29 is 14.7 Å². The molecule has 0 aliphatic heterocycles. The van der Waals surface area contributed by atoms with E-state index < -0.39 is 5.97 Å². The maximum absolute atomic E-state index is 11.7. The van der Waals surface area contributed by atoms with Gasteiger partial charge in [0.2, 0.25) is 5.91 Å². The zero-order chi connectivity index (χ0) is 14.3. The van der Waals surface area contributed by atoms with E-state index >= 15 is 0 Å². The lowest BCUT2D eigenvalue weighted by atomic mass is 10.1. The second kappa shape index (κ2) is 7.94. The molecule has 1 unspecified atom stereocenters. The summed E-state index contributed by atoms with van der Waals surface area (Å²) >= 11 is 3.36. The number of carbonyl (C=O) groups excluding carboxylic acids is 1. The minimum atomic E-state index is -0.799. The molecule has 0 aliphatic rings. The van der Waals surface area contributed by atoms with Crippen molar-refractivity contribution in [1.29, 1.82) is 0 Å². The number of carboxylic acid groups (broad SMARTS) is 1. The monoisotopic (exact) mass is 327 g/mol. The molecule has 0 bridgehead atoms. The molecule has 0 aliphatic carbocycles. The van der Waals surface area contributed by atoms with Crippen molar-refractivity contribution in [3.05, 3.63) is 34.3 Å². The normalized spacial score (nSPS) is 11.9. The van der Waals surface area contributed by atoms with Crippen molar-refractivity contribution in [2.45, 2.75) is 26.2 Å². The Morgan fingerprint density at radius 3 is 2.79 bits per heavy atom. The highest BCUT2D eigenvalue weighted by Crippen LogP contribution is 2.12. The lowest BCUT2D eigenvalue weighted by molar-refractivity contribution is -0.137. The highest BCUT2D eigenvalue weighted by Gasteiger charge is 2.08. The van der Waals surface area contributed by atoms with E-state index in [0.29, 0.717) is 19.4 Å². The SMILES string of the molecule is CC(CCC(=O)O)CNC(=O)Cc1cccc(Br)c1. The van der Waals surface area contributed by atoms with Crippen molar-refractivity contribution in [3.8, 4) is 0 Å². The molecule has 104 valence electrons. The van der Waals surface area contributed by atoms with Crippen molar-refractivity contribution in [1.82, 2.24) is 5.32 Å². The number of rotatable bonds is 7. The van der Waals surface area contributed by atoms with E-state index in [0.717, 1.165) is 10.0 Å². The van der Waals surface area contributed by atoms with Gasteiger partial charge in [-0.3, -0.25) is 9.59 Å². The molecule has 0 saturated heterocycles. The molecule has 4 nitrogen and oxygen atoms in total. The Kier molecular flexibility index (Phi) is 6.56. The molecule has 0 fully saturated rings. The van der Waals surface area contributed by atoms with Crippen LogP contribution in [0.1, 0.15) is 25.3 Å². The number of carbonyl (C=O) groups is 2. The van der Waals surface area contributed by atoms with E-state index in [1.807, 2.05) is 31.2 Å². The fourth-order valence-corrected chi connectivity index (χ4v) is 2.10. The number of nitrogens with one attached hydrogen (secondary N) is 1. The molecule has 0 spiro atoms. The number of hydrogen-bond donors (Lipinski definition) is 2. The number of aliphatic carboxylic acids is 1. The van der Waals surface area contributed by atoms with Crippen LogP contribution in [0.3, 0.4) is 0 Å². The van der Waals surface area contributed by atoms with Crippen LogP contribution in [-0.4, -0.2) is 23.5 Å².